The van der Waals surface area contributed by atoms with Gasteiger partial charge in [-0.15, -0.1) is 0 Å². The number of aromatic nitrogens is 3. The van der Waals surface area contributed by atoms with E-state index in [-0.39, 0.29) is 17.4 Å². The van der Waals surface area contributed by atoms with E-state index < -0.39 is 10.8 Å². The number of para-hydroxylation sites is 1. The summed E-state index contributed by atoms with van der Waals surface area (Å²) in [5.74, 6) is 1.08. The monoisotopic (exact) mass is 398 g/mol. The van der Waals surface area contributed by atoms with Gasteiger partial charge in [-0.2, -0.15) is 5.10 Å². The summed E-state index contributed by atoms with van der Waals surface area (Å²) in [6.45, 7) is 2.79. The Morgan fingerprint density at radius 3 is 2.54 bits per heavy atom. The standard InChI is InChI=1S/C21H26N4O2S/c1-3-4-12-23(2)20(26)17-28(27)16-18-15-22-25(19-10-6-5-7-11-19)21(18)24-13-8-9-14-24/h5-11,13-15H,3-4,12,16-17H2,1-2H3/t28-/m1/s1. The van der Waals surface area contributed by atoms with Gasteiger partial charge in [-0.05, 0) is 30.7 Å². The fourth-order valence-electron chi connectivity index (χ4n) is 2.98. The lowest BCUT2D eigenvalue weighted by molar-refractivity contribution is -0.127. The molecule has 0 aliphatic carbocycles. The largest absolute Gasteiger partial charge is 0.345 e. The van der Waals surface area contributed by atoms with E-state index in [9.17, 15) is 9.00 Å². The molecule has 7 heteroatoms. The highest BCUT2D eigenvalue weighted by molar-refractivity contribution is 7.84. The normalized spacial score (nSPS) is 12.1. The van der Waals surface area contributed by atoms with Gasteiger partial charge in [0.2, 0.25) is 5.91 Å². The molecular formula is C21H26N4O2S. The molecule has 2 aromatic heterocycles. The van der Waals surface area contributed by atoms with Crippen molar-refractivity contribution in [1.82, 2.24) is 19.2 Å². The van der Waals surface area contributed by atoms with Crippen LogP contribution in [0.2, 0.25) is 0 Å². The molecule has 6 nitrogen and oxygen atoms in total. The third-order valence-corrected chi connectivity index (χ3v) is 5.74. The van der Waals surface area contributed by atoms with Crippen LogP contribution in [-0.4, -0.2) is 48.7 Å². The van der Waals surface area contributed by atoms with Crippen molar-refractivity contribution in [3.8, 4) is 11.5 Å². The molecule has 0 unspecified atom stereocenters. The second kappa shape index (κ2) is 9.50. The van der Waals surface area contributed by atoms with Gasteiger partial charge in [-0.1, -0.05) is 31.5 Å². The molecule has 0 bridgehead atoms. The van der Waals surface area contributed by atoms with E-state index >= 15 is 0 Å². The third kappa shape index (κ3) is 4.78. The van der Waals surface area contributed by atoms with Gasteiger partial charge in [0, 0.05) is 42.3 Å². The maximum atomic E-state index is 12.7. The minimum absolute atomic E-state index is 0.0296. The molecule has 0 N–H and O–H groups in total. The first-order valence-electron chi connectivity index (χ1n) is 9.44. The minimum Gasteiger partial charge on any atom is -0.345 e. The maximum Gasteiger partial charge on any atom is 0.234 e. The van der Waals surface area contributed by atoms with Crippen molar-refractivity contribution in [2.75, 3.05) is 19.3 Å². The molecule has 1 amide bonds. The van der Waals surface area contributed by atoms with Crippen LogP contribution in [0.25, 0.3) is 11.5 Å². The lowest BCUT2D eigenvalue weighted by Gasteiger charge is -2.16. The topological polar surface area (TPSA) is 60.1 Å². The summed E-state index contributed by atoms with van der Waals surface area (Å²) in [7, 11) is 0.472. The molecule has 0 saturated carbocycles. The molecule has 28 heavy (non-hydrogen) atoms. The summed E-state index contributed by atoms with van der Waals surface area (Å²) in [5, 5.41) is 4.52. The number of amides is 1. The smallest absolute Gasteiger partial charge is 0.234 e. The second-order valence-corrected chi connectivity index (χ2v) is 8.19. The summed E-state index contributed by atoms with van der Waals surface area (Å²) in [6, 6.07) is 13.7. The van der Waals surface area contributed by atoms with Gasteiger partial charge in [-0.25, -0.2) is 4.68 Å². The average molecular weight is 399 g/mol. The Hall–Kier alpha value is -2.67. The quantitative estimate of drug-likeness (QED) is 0.556. The van der Waals surface area contributed by atoms with E-state index in [0.29, 0.717) is 6.54 Å². The van der Waals surface area contributed by atoms with Crippen LogP contribution < -0.4 is 0 Å². The van der Waals surface area contributed by atoms with E-state index in [1.165, 1.54) is 0 Å². The molecule has 2 heterocycles. The van der Waals surface area contributed by atoms with Crippen molar-refractivity contribution in [2.45, 2.75) is 25.5 Å². The van der Waals surface area contributed by atoms with Crippen LogP contribution in [0.1, 0.15) is 25.3 Å². The fourth-order valence-corrected chi connectivity index (χ4v) is 4.13. The molecule has 1 aromatic carbocycles. The highest BCUT2D eigenvalue weighted by Gasteiger charge is 2.18. The summed E-state index contributed by atoms with van der Waals surface area (Å²) in [6.07, 6.45) is 7.60. The van der Waals surface area contributed by atoms with Gasteiger partial charge in [0.05, 0.1) is 17.6 Å². The average Bonchev–Trinajstić information content (AvgIpc) is 3.36. The van der Waals surface area contributed by atoms with Crippen molar-refractivity contribution in [2.24, 2.45) is 0 Å². The number of benzene rings is 1. The Balaban J connectivity index is 1.80. The molecule has 0 spiro atoms. The first-order chi connectivity index (χ1) is 13.6. The van der Waals surface area contributed by atoms with Crippen LogP contribution in [0.15, 0.2) is 61.1 Å². The number of hydrogen-bond donors (Lipinski definition) is 0. The lowest BCUT2D eigenvalue weighted by atomic mass is 10.3. The molecule has 0 aliphatic rings. The van der Waals surface area contributed by atoms with Crippen molar-refractivity contribution in [3.05, 3.63) is 66.6 Å². The molecule has 0 radical (unpaired) electrons. The summed E-state index contributed by atoms with van der Waals surface area (Å²) in [4.78, 5) is 14.0. The Bertz CT molecular complexity index is 919. The van der Waals surface area contributed by atoms with E-state index in [2.05, 4.69) is 12.0 Å². The Morgan fingerprint density at radius 2 is 1.86 bits per heavy atom. The summed E-state index contributed by atoms with van der Waals surface area (Å²) in [5.41, 5.74) is 1.78. The number of hydrogen-bond acceptors (Lipinski definition) is 3. The molecule has 3 rings (SSSR count). The predicted octanol–water partition coefficient (Wildman–Crippen LogP) is 3.17. The van der Waals surface area contributed by atoms with Gasteiger partial charge >= 0.3 is 0 Å². The Morgan fingerprint density at radius 1 is 1.14 bits per heavy atom. The van der Waals surface area contributed by atoms with Crippen LogP contribution >= 0.6 is 0 Å². The van der Waals surface area contributed by atoms with Crippen molar-refractivity contribution >= 4 is 16.7 Å². The molecule has 3 aromatic rings. The van der Waals surface area contributed by atoms with Crippen LogP contribution in [-0.2, 0) is 21.3 Å². The van der Waals surface area contributed by atoms with Crippen molar-refractivity contribution < 1.29 is 9.00 Å². The predicted molar refractivity (Wildman–Crippen MR) is 112 cm³/mol. The summed E-state index contributed by atoms with van der Waals surface area (Å²) >= 11 is 0. The van der Waals surface area contributed by atoms with Crippen molar-refractivity contribution in [1.29, 1.82) is 0 Å². The SMILES string of the molecule is CCCCN(C)C(=O)C[S@](=O)Cc1cnn(-c2ccccc2)c1-n1cccc1. The second-order valence-electron chi connectivity index (χ2n) is 6.73. The number of unbranched alkanes of at least 4 members (excludes halogenated alkanes) is 1. The van der Waals surface area contributed by atoms with E-state index in [1.807, 2.05) is 64.1 Å². The molecule has 0 fully saturated rings. The third-order valence-electron chi connectivity index (χ3n) is 4.54. The zero-order chi connectivity index (χ0) is 19.9. The van der Waals surface area contributed by atoms with Crippen LogP contribution in [0.5, 0.6) is 0 Å². The molecule has 0 aliphatic heterocycles. The maximum absolute atomic E-state index is 12.7. The Kier molecular flexibility index (Phi) is 6.81. The number of carbonyl (C=O) groups is 1. The van der Waals surface area contributed by atoms with Gasteiger partial charge < -0.3 is 9.47 Å². The summed E-state index contributed by atoms with van der Waals surface area (Å²) < 4.78 is 16.5. The van der Waals surface area contributed by atoms with Crippen LogP contribution in [0.3, 0.4) is 0 Å². The van der Waals surface area contributed by atoms with Crippen molar-refractivity contribution in [3.63, 3.8) is 0 Å². The lowest BCUT2D eigenvalue weighted by Crippen LogP contribution is -2.32. The zero-order valence-corrected chi connectivity index (χ0v) is 17.1. The first kappa shape index (κ1) is 20.1. The van der Waals surface area contributed by atoms with E-state index in [4.69, 9.17) is 0 Å². The van der Waals surface area contributed by atoms with Crippen LogP contribution in [0, 0.1) is 0 Å². The van der Waals surface area contributed by atoms with Gasteiger partial charge in [0.15, 0.2) is 0 Å². The molecule has 1 atom stereocenters. The van der Waals surface area contributed by atoms with Gasteiger partial charge in [-0.3, -0.25) is 9.00 Å². The molecule has 148 valence electrons. The molecular weight excluding hydrogens is 372 g/mol. The zero-order valence-electron chi connectivity index (χ0n) is 16.3. The number of carbonyl (C=O) groups excluding carboxylic acids is 1. The Labute approximate surface area is 168 Å². The van der Waals surface area contributed by atoms with Crippen LogP contribution in [0.4, 0.5) is 0 Å². The van der Waals surface area contributed by atoms with Gasteiger partial charge in [0.1, 0.15) is 11.6 Å². The fraction of sp³-hybridized carbons (Fsp3) is 0.333. The highest BCUT2D eigenvalue weighted by atomic mass is 32.2. The van der Waals surface area contributed by atoms with Gasteiger partial charge in [0.25, 0.3) is 0 Å². The minimum atomic E-state index is -1.30. The van der Waals surface area contributed by atoms with E-state index in [1.54, 1.807) is 18.1 Å². The number of rotatable bonds is 9. The number of nitrogens with zero attached hydrogens (tertiary/aromatic N) is 4. The molecule has 0 saturated heterocycles. The highest BCUT2D eigenvalue weighted by Crippen LogP contribution is 2.21. The van der Waals surface area contributed by atoms with E-state index in [0.717, 1.165) is 29.9 Å². The first-order valence-corrected chi connectivity index (χ1v) is 10.9.